The van der Waals surface area contributed by atoms with Crippen molar-refractivity contribution in [3.63, 3.8) is 0 Å². The van der Waals surface area contributed by atoms with Crippen molar-refractivity contribution in [2.45, 2.75) is 19.8 Å². The molecule has 1 aromatic carbocycles. The first kappa shape index (κ1) is 14.6. The quantitative estimate of drug-likeness (QED) is 0.873. The van der Waals surface area contributed by atoms with E-state index >= 15 is 0 Å². The second kappa shape index (κ2) is 6.22. The van der Waals surface area contributed by atoms with E-state index in [4.69, 9.17) is 9.26 Å². The third kappa shape index (κ3) is 2.84. The van der Waals surface area contributed by atoms with Gasteiger partial charge in [-0.25, -0.2) is 0 Å². The van der Waals surface area contributed by atoms with E-state index in [0.29, 0.717) is 17.2 Å². The van der Waals surface area contributed by atoms with Crippen LogP contribution in [0.2, 0.25) is 0 Å². The van der Waals surface area contributed by atoms with E-state index in [9.17, 15) is 4.79 Å². The van der Waals surface area contributed by atoms with E-state index < -0.39 is 0 Å². The summed E-state index contributed by atoms with van der Waals surface area (Å²) in [6, 6.07) is 7.42. The van der Waals surface area contributed by atoms with Gasteiger partial charge in [0.2, 0.25) is 0 Å². The number of ether oxygens (including phenoxy) is 1. The number of piperidine rings is 1. The Morgan fingerprint density at radius 1 is 1.27 bits per heavy atom. The number of hydrogen-bond donors (Lipinski definition) is 0. The maximum atomic E-state index is 12.7. The zero-order valence-electron chi connectivity index (χ0n) is 12.9. The number of likely N-dealkylation sites (tertiary alicyclic amines) is 1. The normalized spacial score (nSPS) is 15.8. The van der Waals surface area contributed by atoms with Crippen LogP contribution >= 0.6 is 0 Å². The van der Waals surface area contributed by atoms with E-state index in [1.54, 1.807) is 7.11 Å². The van der Waals surface area contributed by atoms with Gasteiger partial charge in [0.25, 0.3) is 5.91 Å². The molecule has 2 aromatic rings. The summed E-state index contributed by atoms with van der Waals surface area (Å²) < 4.78 is 10.5. The first-order chi connectivity index (χ1) is 10.7. The molecular weight excluding hydrogens is 280 g/mol. The summed E-state index contributed by atoms with van der Waals surface area (Å²) in [4.78, 5) is 14.6. The van der Waals surface area contributed by atoms with Gasteiger partial charge in [0.1, 0.15) is 11.3 Å². The lowest BCUT2D eigenvalue weighted by molar-refractivity contribution is 0.0697. The molecule has 1 fully saturated rings. The molecule has 0 spiro atoms. The molecule has 5 heteroatoms. The van der Waals surface area contributed by atoms with Crippen LogP contribution < -0.4 is 4.74 Å². The molecular formula is C17H20N2O3. The van der Waals surface area contributed by atoms with Gasteiger partial charge in [0, 0.05) is 18.7 Å². The Kier molecular flexibility index (Phi) is 4.13. The highest BCUT2D eigenvalue weighted by atomic mass is 16.5. The van der Waals surface area contributed by atoms with Gasteiger partial charge >= 0.3 is 0 Å². The average molecular weight is 300 g/mol. The summed E-state index contributed by atoms with van der Waals surface area (Å²) >= 11 is 0. The Morgan fingerprint density at radius 2 is 1.95 bits per heavy atom. The van der Waals surface area contributed by atoms with Crippen LogP contribution in [0.1, 0.15) is 30.1 Å². The summed E-state index contributed by atoms with van der Waals surface area (Å²) in [6.07, 6.45) is 3.61. The number of methoxy groups -OCH3 is 1. The Morgan fingerprint density at radius 3 is 2.59 bits per heavy atom. The van der Waals surface area contributed by atoms with Crippen molar-refractivity contribution in [1.82, 2.24) is 10.1 Å². The summed E-state index contributed by atoms with van der Waals surface area (Å²) in [5.74, 6) is 1.97. The second-order valence-corrected chi connectivity index (χ2v) is 5.77. The molecule has 0 bridgehead atoms. The van der Waals surface area contributed by atoms with E-state index in [0.717, 1.165) is 37.2 Å². The van der Waals surface area contributed by atoms with Crippen molar-refractivity contribution < 1.29 is 14.1 Å². The first-order valence-electron chi connectivity index (χ1n) is 7.57. The van der Waals surface area contributed by atoms with Gasteiger partial charge < -0.3 is 14.2 Å². The summed E-state index contributed by atoms with van der Waals surface area (Å²) in [7, 11) is 1.62. The van der Waals surface area contributed by atoms with Gasteiger partial charge in [-0.15, -0.1) is 0 Å². The van der Waals surface area contributed by atoms with Gasteiger partial charge in [-0.1, -0.05) is 12.1 Å². The minimum atomic E-state index is -0.000956. The van der Waals surface area contributed by atoms with Crippen LogP contribution in [0.4, 0.5) is 0 Å². The fourth-order valence-electron chi connectivity index (χ4n) is 2.72. The smallest absolute Gasteiger partial charge is 0.259 e. The minimum absolute atomic E-state index is 0.000956. The first-order valence-corrected chi connectivity index (χ1v) is 7.57. The van der Waals surface area contributed by atoms with Crippen LogP contribution in [0.3, 0.4) is 0 Å². The number of benzene rings is 1. The molecule has 1 aliphatic rings. The molecule has 5 nitrogen and oxygen atoms in total. The Bertz CT molecular complexity index is 640. The van der Waals surface area contributed by atoms with E-state index in [1.165, 1.54) is 6.20 Å². The second-order valence-electron chi connectivity index (χ2n) is 5.77. The Hall–Kier alpha value is -2.30. The molecule has 1 aromatic heterocycles. The van der Waals surface area contributed by atoms with Gasteiger partial charge in [0.15, 0.2) is 5.76 Å². The van der Waals surface area contributed by atoms with Crippen LogP contribution in [-0.2, 0) is 0 Å². The largest absolute Gasteiger partial charge is 0.497 e. The molecule has 0 saturated carbocycles. The van der Waals surface area contributed by atoms with Crippen molar-refractivity contribution in [3.8, 4) is 17.1 Å². The Balaban J connectivity index is 1.83. The zero-order chi connectivity index (χ0) is 15.5. The molecule has 0 atom stereocenters. The fourth-order valence-corrected chi connectivity index (χ4v) is 2.72. The van der Waals surface area contributed by atoms with Gasteiger partial charge in [0.05, 0.1) is 13.3 Å². The molecule has 1 amide bonds. The lowest BCUT2D eigenvalue weighted by Crippen LogP contribution is -2.37. The standard InChI is InChI=1S/C17H20N2O3/c1-12-7-9-19(10-8-12)17(20)15-11-18-22-16(15)13-3-5-14(21-2)6-4-13/h3-6,11-12H,7-10H2,1-2H3. The third-order valence-corrected chi connectivity index (χ3v) is 4.22. The minimum Gasteiger partial charge on any atom is -0.497 e. The highest BCUT2D eigenvalue weighted by molar-refractivity contribution is 5.99. The predicted molar refractivity (Wildman–Crippen MR) is 82.8 cm³/mol. The molecule has 2 heterocycles. The molecule has 0 aliphatic carbocycles. The van der Waals surface area contributed by atoms with Crippen molar-refractivity contribution in [2.75, 3.05) is 20.2 Å². The number of carbonyl (C=O) groups is 1. The van der Waals surface area contributed by atoms with Gasteiger partial charge in [-0.3, -0.25) is 4.79 Å². The molecule has 1 aliphatic heterocycles. The van der Waals surface area contributed by atoms with E-state index in [-0.39, 0.29) is 5.91 Å². The van der Waals surface area contributed by atoms with E-state index in [1.807, 2.05) is 29.2 Å². The number of hydrogen-bond acceptors (Lipinski definition) is 4. The Labute approximate surface area is 129 Å². The molecule has 1 saturated heterocycles. The van der Waals surface area contributed by atoms with Gasteiger partial charge in [-0.2, -0.15) is 0 Å². The molecule has 0 unspecified atom stereocenters. The maximum Gasteiger partial charge on any atom is 0.259 e. The summed E-state index contributed by atoms with van der Waals surface area (Å²) in [5, 5.41) is 3.82. The number of amides is 1. The number of nitrogens with zero attached hydrogens (tertiary/aromatic N) is 2. The monoisotopic (exact) mass is 300 g/mol. The summed E-state index contributed by atoms with van der Waals surface area (Å²) in [6.45, 7) is 3.82. The lowest BCUT2D eigenvalue weighted by Gasteiger charge is -2.30. The van der Waals surface area contributed by atoms with Crippen molar-refractivity contribution in [3.05, 3.63) is 36.0 Å². The van der Waals surface area contributed by atoms with Gasteiger partial charge in [-0.05, 0) is 43.0 Å². The van der Waals surface area contributed by atoms with Crippen LogP contribution in [-0.4, -0.2) is 36.2 Å². The van der Waals surface area contributed by atoms with Crippen LogP contribution in [0, 0.1) is 5.92 Å². The molecule has 0 N–H and O–H groups in total. The molecule has 3 rings (SSSR count). The third-order valence-electron chi connectivity index (χ3n) is 4.22. The summed E-state index contributed by atoms with van der Waals surface area (Å²) in [5.41, 5.74) is 1.35. The fraction of sp³-hybridized carbons (Fsp3) is 0.412. The molecule has 116 valence electrons. The maximum absolute atomic E-state index is 12.7. The average Bonchev–Trinajstić information content (AvgIpc) is 3.04. The topological polar surface area (TPSA) is 55.6 Å². The molecule has 22 heavy (non-hydrogen) atoms. The van der Waals surface area contributed by atoms with Crippen LogP contribution in [0.5, 0.6) is 5.75 Å². The zero-order valence-corrected chi connectivity index (χ0v) is 12.9. The van der Waals surface area contributed by atoms with E-state index in [2.05, 4.69) is 12.1 Å². The number of carbonyl (C=O) groups excluding carboxylic acids is 1. The highest BCUT2D eigenvalue weighted by Crippen LogP contribution is 2.27. The number of rotatable bonds is 3. The van der Waals surface area contributed by atoms with Crippen molar-refractivity contribution in [1.29, 1.82) is 0 Å². The van der Waals surface area contributed by atoms with Crippen LogP contribution in [0.15, 0.2) is 35.0 Å². The highest BCUT2D eigenvalue weighted by Gasteiger charge is 2.26. The molecule has 0 radical (unpaired) electrons. The van der Waals surface area contributed by atoms with Crippen molar-refractivity contribution >= 4 is 5.91 Å². The predicted octanol–water partition coefficient (Wildman–Crippen LogP) is 3.22. The number of aromatic nitrogens is 1. The van der Waals surface area contributed by atoms with Crippen molar-refractivity contribution in [2.24, 2.45) is 5.92 Å². The SMILES string of the molecule is COc1ccc(-c2oncc2C(=O)N2CCC(C)CC2)cc1. The van der Waals surface area contributed by atoms with Crippen LogP contribution in [0.25, 0.3) is 11.3 Å². The lowest BCUT2D eigenvalue weighted by atomic mass is 9.98.